The number of nitrogens with zero attached hydrogens (tertiary/aromatic N) is 7. The van der Waals surface area contributed by atoms with Crippen LogP contribution in [-0.2, 0) is 0 Å². The Morgan fingerprint density at radius 3 is 2.13 bits per heavy atom. The molecule has 1 aliphatic heterocycles. The van der Waals surface area contributed by atoms with Crippen LogP contribution in [-0.4, -0.2) is 44.3 Å². The van der Waals surface area contributed by atoms with Crippen molar-refractivity contribution in [3.63, 3.8) is 0 Å². The van der Waals surface area contributed by atoms with E-state index in [1.54, 1.807) is 0 Å². The number of anilines is 5. The quantitative estimate of drug-likeness (QED) is 0.167. The summed E-state index contributed by atoms with van der Waals surface area (Å²) >= 11 is 0. The number of hydrogen-bond donors (Lipinski definition) is 2. The summed E-state index contributed by atoms with van der Waals surface area (Å²) in [4.78, 5) is 28.9. The maximum atomic E-state index is 11.2. The molecule has 0 aliphatic carbocycles. The van der Waals surface area contributed by atoms with E-state index in [-0.39, 0.29) is 11.5 Å². The summed E-state index contributed by atoms with van der Waals surface area (Å²) in [5, 5.41) is 25.6. The van der Waals surface area contributed by atoms with Gasteiger partial charge in [0.25, 0.3) is 0 Å². The molecule has 3 aromatic carbocycles. The highest BCUT2D eigenvalue weighted by Crippen LogP contribution is 2.33. The van der Waals surface area contributed by atoms with E-state index in [9.17, 15) is 15.2 Å². The van der Waals surface area contributed by atoms with E-state index in [0.717, 1.165) is 50.1 Å². The fourth-order valence-corrected chi connectivity index (χ4v) is 4.41. The summed E-state index contributed by atoms with van der Waals surface area (Å²) in [6.45, 7) is 1.68. The molecule has 5 rings (SSSR count). The monoisotopic (exact) mass is 524 g/mol. The van der Waals surface area contributed by atoms with Crippen LogP contribution in [0.1, 0.15) is 31.2 Å². The topological polar surface area (TPSA) is 133 Å². The molecule has 198 valence electrons. The fraction of sp³-hybridized carbons (Fsp3) is 0.214. The van der Waals surface area contributed by atoms with Crippen LogP contribution < -0.4 is 15.2 Å². The minimum absolute atomic E-state index is 0.189. The predicted octanol–water partition coefficient (Wildman–Crippen LogP) is 5.78. The Morgan fingerprint density at radius 2 is 1.51 bits per heavy atom. The van der Waals surface area contributed by atoms with Crippen molar-refractivity contribution < 1.29 is 10.0 Å². The zero-order valence-corrected chi connectivity index (χ0v) is 21.2. The maximum Gasteiger partial charge on any atom is 0.311 e. The molecule has 0 radical (unpaired) electrons. The third kappa shape index (κ3) is 6.09. The van der Waals surface area contributed by atoms with Gasteiger partial charge in [-0.2, -0.15) is 20.1 Å². The summed E-state index contributed by atoms with van der Waals surface area (Å²) in [6, 6.07) is 23.9. The van der Waals surface area contributed by atoms with Crippen LogP contribution in [0.2, 0.25) is 0 Å². The number of nitro benzene ring substituents is 1. The van der Waals surface area contributed by atoms with Gasteiger partial charge in [-0.1, -0.05) is 55.3 Å². The van der Waals surface area contributed by atoms with Crippen molar-refractivity contribution in [3.05, 3.63) is 94.5 Å². The van der Waals surface area contributed by atoms with Crippen LogP contribution in [0.3, 0.4) is 0 Å². The van der Waals surface area contributed by atoms with Gasteiger partial charge >= 0.3 is 5.69 Å². The normalized spacial score (nSPS) is 13.7. The number of benzene rings is 3. The second-order valence-corrected chi connectivity index (χ2v) is 9.01. The average molecular weight is 525 g/mol. The van der Waals surface area contributed by atoms with Crippen LogP contribution in [0.25, 0.3) is 0 Å². The lowest BCUT2D eigenvalue weighted by Gasteiger charge is -2.26. The SMILES string of the molecule is O=[N+]([O-])c1cccc(C=NNc2nc(N3CCCCCC3)nc(N(c3ccccc3)c3ccccc3)n2)c1O. The number of para-hydroxylation sites is 3. The molecule has 1 aromatic heterocycles. The van der Waals surface area contributed by atoms with Crippen LogP contribution >= 0.6 is 0 Å². The van der Waals surface area contributed by atoms with Crippen molar-refractivity contribution in [1.82, 2.24) is 15.0 Å². The maximum absolute atomic E-state index is 11.2. The number of hydrogen-bond acceptors (Lipinski definition) is 10. The van der Waals surface area contributed by atoms with Gasteiger partial charge in [-0.15, -0.1) is 0 Å². The lowest BCUT2D eigenvalue weighted by atomic mass is 10.2. The molecular weight excluding hydrogens is 496 g/mol. The smallest absolute Gasteiger partial charge is 0.311 e. The van der Waals surface area contributed by atoms with Gasteiger partial charge in [0, 0.05) is 36.1 Å². The first-order valence-corrected chi connectivity index (χ1v) is 12.8. The van der Waals surface area contributed by atoms with Crippen molar-refractivity contribution in [2.45, 2.75) is 25.7 Å². The summed E-state index contributed by atoms with van der Waals surface area (Å²) < 4.78 is 0. The third-order valence-corrected chi connectivity index (χ3v) is 6.34. The van der Waals surface area contributed by atoms with Crippen LogP contribution in [0, 0.1) is 10.1 Å². The zero-order valence-electron chi connectivity index (χ0n) is 21.2. The first-order valence-electron chi connectivity index (χ1n) is 12.8. The Labute approximate surface area is 225 Å². The van der Waals surface area contributed by atoms with E-state index in [4.69, 9.17) is 4.98 Å². The Kier molecular flexibility index (Phi) is 7.87. The van der Waals surface area contributed by atoms with Crippen molar-refractivity contribution in [2.24, 2.45) is 5.10 Å². The number of nitro groups is 1. The van der Waals surface area contributed by atoms with Gasteiger partial charge in [-0.3, -0.25) is 15.0 Å². The second-order valence-electron chi connectivity index (χ2n) is 9.01. The highest BCUT2D eigenvalue weighted by molar-refractivity contribution is 5.86. The molecular formula is C28H28N8O3. The Morgan fingerprint density at radius 1 is 0.872 bits per heavy atom. The molecule has 1 saturated heterocycles. The molecule has 0 saturated carbocycles. The Balaban J connectivity index is 1.54. The van der Waals surface area contributed by atoms with Gasteiger partial charge < -0.3 is 10.0 Å². The first kappa shape index (κ1) is 25.6. The molecule has 0 atom stereocenters. The van der Waals surface area contributed by atoms with Gasteiger partial charge in [0.2, 0.25) is 23.6 Å². The van der Waals surface area contributed by atoms with Gasteiger partial charge in [0.15, 0.2) is 0 Å². The van der Waals surface area contributed by atoms with Gasteiger partial charge in [0.1, 0.15) is 0 Å². The molecule has 1 aliphatic rings. The Bertz CT molecular complexity index is 1400. The van der Waals surface area contributed by atoms with Gasteiger partial charge in [-0.05, 0) is 43.2 Å². The van der Waals surface area contributed by atoms with E-state index in [1.165, 1.54) is 24.4 Å². The van der Waals surface area contributed by atoms with Crippen molar-refractivity contribution >= 4 is 41.1 Å². The molecule has 2 heterocycles. The number of hydrazone groups is 1. The van der Waals surface area contributed by atoms with Crippen molar-refractivity contribution in [3.8, 4) is 5.75 Å². The number of rotatable bonds is 8. The number of phenols is 1. The number of nitrogens with one attached hydrogen (secondary N) is 1. The predicted molar refractivity (Wildman–Crippen MR) is 151 cm³/mol. The molecule has 0 spiro atoms. The molecule has 1 fully saturated rings. The molecule has 11 heteroatoms. The van der Waals surface area contributed by atoms with E-state index in [0.29, 0.717) is 11.9 Å². The first-order chi connectivity index (χ1) is 19.1. The van der Waals surface area contributed by atoms with Gasteiger partial charge in [0.05, 0.1) is 11.1 Å². The van der Waals surface area contributed by atoms with E-state index >= 15 is 0 Å². The molecule has 0 amide bonds. The molecule has 0 unspecified atom stereocenters. The second kappa shape index (κ2) is 12.0. The van der Waals surface area contributed by atoms with Crippen molar-refractivity contribution in [1.29, 1.82) is 0 Å². The summed E-state index contributed by atoms with van der Waals surface area (Å²) in [7, 11) is 0. The molecule has 4 aromatic rings. The number of aromatic nitrogens is 3. The minimum Gasteiger partial charge on any atom is -0.502 e. The molecule has 39 heavy (non-hydrogen) atoms. The van der Waals surface area contributed by atoms with E-state index < -0.39 is 16.4 Å². The average Bonchev–Trinajstić information content (AvgIpc) is 3.25. The highest BCUT2D eigenvalue weighted by atomic mass is 16.6. The lowest BCUT2D eigenvalue weighted by molar-refractivity contribution is -0.385. The molecule has 0 bridgehead atoms. The van der Waals surface area contributed by atoms with Crippen LogP contribution in [0.15, 0.2) is 84.0 Å². The fourth-order valence-electron chi connectivity index (χ4n) is 4.41. The molecule has 11 nitrogen and oxygen atoms in total. The largest absolute Gasteiger partial charge is 0.502 e. The zero-order chi connectivity index (χ0) is 27.0. The minimum atomic E-state index is -0.645. The summed E-state index contributed by atoms with van der Waals surface area (Å²) in [5.41, 5.74) is 4.39. The standard InChI is InChI=1S/C28H28N8O3/c37-25-21(12-11-17-24(25)36(38)39)20-29-33-26-30-27(34-18-9-1-2-10-19-34)32-28(31-26)35(22-13-5-3-6-14-22)23-15-7-4-8-16-23/h3-8,11-17,20,37H,1-2,9-10,18-19H2,(H,30,31,32,33). The van der Waals surface area contributed by atoms with Crippen molar-refractivity contribution in [2.75, 3.05) is 28.3 Å². The number of phenolic OH excluding ortho intramolecular Hbond substituents is 1. The lowest BCUT2D eigenvalue weighted by Crippen LogP contribution is -2.27. The summed E-state index contributed by atoms with van der Waals surface area (Å²) in [6.07, 6.45) is 5.72. The highest BCUT2D eigenvalue weighted by Gasteiger charge is 2.21. The van der Waals surface area contributed by atoms with Crippen LogP contribution in [0.4, 0.5) is 34.9 Å². The molecule has 2 N–H and O–H groups in total. The van der Waals surface area contributed by atoms with E-state index in [1.807, 2.05) is 65.6 Å². The van der Waals surface area contributed by atoms with E-state index in [2.05, 4.69) is 25.4 Å². The Hall–Kier alpha value is -5.06. The van der Waals surface area contributed by atoms with Crippen LogP contribution in [0.5, 0.6) is 5.75 Å². The number of aromatic hydroxyl groups is 1. The summed E-state index contributed by atoms with van der Waals surface area (Å²) in [5.74, 6) is 0.693. The van der Waals surface area contributed by atoms with Gasteiger partial charge in [-0.25, -0.2) is 5.43 Å². The third-order valence-electron chi connectivity index (χ3n) is 6.34.